The summed E-state index contributed by atoms with van der Waals surface area (Å²) in [4.78, 5) is 2.42. The van der Waals surface area contributed by atoms with Gasteiger partial charge in [-0.2, -0.15) is 0 Å². The standard InChI is InChI=1S/C9H18N4S2/c1-3-6-13(4-2)7-5-10-8-11-12-9(14)15-8/h3-7H2,1-2H3,(H,10,11)(H,12,14). The van der Waals surface area contributed by atoms with Crippen LogP contribution in [0.3, 0.4) is 0 Å². The van der Waals surface area contributed by atoms with Gasteiger partial charge in [-0.05, 0) is 31.7 Å². The summed E-state index contributed by atoms with van der Waals surface area (Å²) in [6.45, 7) is 8.63. The minimum absolute atomic E-state index is 0.721. The fraction of sp³-hybridized carbons (Fsp3) is 0.778. The molecule has 4 nitrogen and oxygen atoms in total. The second-order valence-electron chi connectivity index (χ2n) is 3.28. The van der Waals surface area contributed by atoms with Crippen molar-refractivity contribution >= 4 is 28.7 Å². The summed E-state index contributed by atoms with van der Waals surface area (Å²) in [5, 5.41) is 10.9. The van der Waals surface area contributed by atoms with E-state index in [2.05, 4.69) is 34.3 Å². The van der Waals surface area contributed by atoms with Gasteiger partial charge in [0.2, 0.25) is 5.13 Å². The number of anilines is 1. The molecule has 1 aromatic heterocycles. The molecule has 1 heterocycles. The molecule has 0 aliphatic rings. The number of rotatable bonds is 7. The number of hydrogen-bond donors (Lipinski definition) is 2. The molecule has 6 heteroatoms. The van der Waals surface area contributed by atoms with E-state index >= 15 is 0 Å². The first-order valence-electron chi connectivity index (χ1n) is 5.28. The Hall–Kier alpha value is -0.460. The molecule has 0 fully saturated rings. The monoisotopic (exact) mass is 246 g/mol. The van der Waals surface area contributed by atoms with Crippen molar-refractivity contribution in [1.29, 1.82) is 0 Å². The molecule has 0 aromatic carbocycles. The number of likely N-dealkylation sites (N-methyl/N-ethyl adjacent to an activating group) is 1. The van der Waals surface area contributed by atoms with E-state index in [4.69, 9.17) is 12.2 Å². The highest BCUT2D eigenvalue weighted by atomic mass is 32.1. The molecule has 0 aliphatic carbocycles. The van der Waals surface area contributed by atoms with Crippen LogP contribution < -0.4 is 5.32 Å². The van der Waals surface area contributed by atoms with E-state index in [1.54, 1.807) is 0 Å². The van der Waals surface area contributed by atoms with Crippen LogP contribution in [-0.4, -0.2) is 41.3 Å². The molecule has 0 spiro atoms. The van der Waals surface area contributed by atoms with Crippen LogP contribution in [0.4, 0.5) is 5.13 Å². The van der Waals surface area contributed by atoms with Gasteiger partial charge in [0, 0.05) is 13.1 Å². The van der Waals surface area contributed by atoms with Crippen molar-refractivity contribution in [3.05, 3.63) is 3.95 Å². The van der Waals surface area contributed by atoms with Gasteiger partial charge in [0.05, 0.1) is 0 Å². The van der Waals surface area contributed by atoms with Crippen LogP contribution in [0.15, 0.2) is 0 Å². The van der Waals surface area contributed by atoms with Crippen LogP contribution in [0.5, 0.6) is 0 Å². The second-order valence-corrected chi connectivity index (χ2v) is 4.95. The van der Waals surface area contributed by atoms with E-state index < -0.39 is 0 Å². The Balaban J connectivity index is 2.23. The predicted octanol–water partition coefficient (Wildman–Crippen LogP) is 2.34. The summed E-state index contributed by atoms with van der Waals surface area (Å²) in [5.74, 6) is 0. The highest BCUT2D eigenvalue weighted by Gasteiger charge is 2.01. The third-order valence-electron chi connectivity index (χ3n) is 2.13. The number of aromatic amines is 1. The van der Waals surface area contributed by atoms with Gasteiger partial charge in [0.15, 0.2) is 3.95 Å². The summed E-state index contributed by atoms with van der Waals surface area (Å²) in [7, 11) is 0. The average molecular weight is 246 g/mol. The predicted molar refractivity (Wildman–Crippen MR) is 68.2 cm³/mol. The van der Waals surface area contributed by atoms with Crippen molar-refractivity contribution in [2.45, 2.75) is 20.3 Å². The molecular formula is C9H18N4S2. The maximum absolute atomic E-state index is 4.95. The molecule has 86 valence electrons. The highest BCUT2D eigenvalue weighted by Crippen LogP contribution is 2.09. The molecule has 0 saturated carbocycles. The number of hydrogen-bond acceptors (Lipinski definition) is 5. The van der Waals surface area contributed by atoms with Crippen LogP contribution in [0.1, 0.15) is 20.3 Å². The minimum Gasteiger partial charge on any atom is -0.359 e. The van der Waals surface area contributed by atoms with Gasteiger partial charge in [-0.3, -0.25) is 5.10 Å². The van der Waals surface area contributed by atoms with E-state index in [0.29, 0.717) is 0 Å². The highest BCUT2D eigenvalue weighted by molar-refractivity contribution is 7.73. The number of nitrogens with zero attached hydrogens (tertiary/aromatic N) is 2. The average Bonchev–Trinajstić information content (AvgIpc) is 2.63. The second kappa shape index (κ2) is 6.92. The zero-order valence-corrected chi connectivity index (χ0v) is 10.9. The topological polar surface area (TPSA) is 44.0 Å². The SMILES string of the molecule is CCCN(CC)CCNc1n[nH]c(=S)s1. The van der Waals surface area contributed by atoms with Gasteiger partial charge in [-0.25, -0.2) is 0 Å². The Morgan fingerprint density at radius 3 is 2.80 bits per heavy atom. The lowest BCUT2D eigenvalue weighted by Gasteiger charge is -2.19. The van der Waals surface area contributed by atoms with Crippen molar-refractivity contribution in [1.82, 2.24) is 15.1 Å². The summed E-state index contributed by atoms with van der Waals surface area (Å²) >= 11 is 6.43. The molecule has 0 amide bonds. The van der Waals surface area contributed by atoms with Gasteiger partial charge < -0.3 is 10.2 Å². The number of H-pyrrole nitrogens is 1. The Labute approximate surface area is 99.7 Å². The van der Waals surface area contributed by atoms with E-state index in [1.165, 1.54) is 17.8 Å². The minimum atomic E-state index is 0.721. The maximum Gasteiger partial charge on any atom is 0.204 e. The van der Waals surface area contributed by atoms with Crippen molar-refractivity contribution in [2.75, 3.05) is 31.5 Å². The molecule has 1 rings (SSSR count). The maximum atomic E-state index is 4.95. The van der Waals surface area contributed by atoms with Crippen molar-refractivity contribution in [3.8, 4) is 0 Å². The third kappa shape index (κ3) is 4.72. The van der Waals surface area contributed by atoms with Crippen LogP contribution in [0.25, 0.3) is 0 Å². The molecule has 0 unspecified atom stereocenters. The fourth-order valence-corrected chi connectivity index (χ4v) is 2.19. The van der Waals surface area contributed by atoms with Gasteiger partial charge in [0.25, 0.3) is 0 Å². The van der Waals surface area contributed by atoms with Crippen LogP contribution in [0, 0.1) is 3.95 Å². The summed E-state index contributed by atoms with van der Waals surface area (Å²) in [6, 6.07) is 0. The Kier molecular flexibility index (Phi) is 5.82. The number of nitrogens with one attached hydrogen (secondary N) is 2. The molecule has 0 radical (unpaired) electrons. The molecule has 2 N–H and O–H groups in total. The summed E-state index contributed by atoms with van der Waals surface area (Å²) < 4.78 is 0.721. The van der Waals surface area contributed by atoms with E-state index in [0.717, 1.165) is 35.3 Å². The largest absolute Gasteiger partial charge is 0.359 e. The molecule has 0 aliphatic heterocycles. The summed E-state index contributed by atoms with van der Waals surface area (Å²) in [6.07, 6.45) is 1.20. The molecular weight excluding hydrogens is 228 g/mol. The van der Waals surface area contributed by atoms with Gasteiger partial charge in [0.1, 0.15) is 0 Å². The van der Waals surface area contributed by atoms with E-state index in [-0.39, 0.29) is 0 Å². The third-order valence-corrected chi connectivity index (χ3v) is 3.18. The van der Waals surface area contributed by atoms with Gasteiger partial charge in [-0.15, -0.1) is 5.10 Å². The Bertz CT molecular complexity index is 320. The Morgan fingerprint density at radius 2 is 2.27 bits per heavy atom. The molecule has 15 heavy (non-hydrogen) atoms. The first-order valence-corrected chi connectivity index (χ1v) is 6.50. The van der Waals surface area contributed by atoms with Crippen molar-refractivity contribution in [3.63, 3.8) is 0 Å². The van der Waals surface area contributed by atoms with Crippen LogP contribution in [-0.2, 0) is 0 Å². The fourth-order valence-electron chi connectivity index (χ4n) is 1.37. The molecule has 0 bridgehead atoms. The van der Waals surface area contributed by atoms with Crippen molar-refractivity contribution < 1.29 is 0 Å². The molecule has 0 saturated heterocycles. The quantitative estimate of drug-likeness (QED) is 0.725. The lowest BCUT2D eigenvalue weighted by Crippen LogP contribution is -2.29. The van der Waals surface area contributed by atoms with Crippen LogP contribution in [0.2, 0.25) is 0 Å². The zero-order valence-electron chi connectivity index (χ0n) is 9.25. The number of aromatic nitrogens is 2. The van der Waals surface area contributed by atoms with E-state index in [9.17, 15) is 0 Å². The van der Waals surface area contributed by atoms with Gasteiger partial charge in [-0.1, -0.05) is 25.2 Å². The molecule has 1 aromatic rings. The Morgan fingerprint density at radius 1 is 1.47 bits per heavy atom. The first kappa shape index (κ1) is 12.6. The molecule has 0 atom stereocenters. The summed E-state index contributed by atoms with van der Waals surface area (Å²) in [5.41, 5.74) is 0. The zero-order chi connectivity index (χ0) is 11.1. The van der Waals surface area contributed by atoms with E-state index in [1.807, 2.05) is 0 Å². The van der Waals surface area contributed by atoms with Gasteiger partial charge >= 0.3 is 0 Å². The normalized spacial score (nSPS) is 10.9. The van der Waals surface area contributed by atoms with Crippen molar-refractivity contribution in [2.24, 2.45) is 0 Å². The first-order chi connectivity index (χ1) is 7.26. The lowest BCUT2D eigenvalue weighted by molar-refractivity contribution is 0.300. The van der Waals surface area contributed by atoms with Crippen LogP contribution >= 0.6 is 23.6 Å². The smallest absolute Gasteiger partial charge is 0.204 e. The lowest BCUT2D eigenvalue weighted by atomic mass is 10.4.